The highest BCUT2D eigenvalue weighted by molar-refractivity contribution is 6.05. The minimum Gasteiger partial charge on any atom is -0.251 e. The van der Waals surface area contributed by atoms with Gasteiger partial charge in [0, 0.05) is 16.2 Å². The molecule has 0 aliphatic heterocycles. The van der Waals surface area contributed by atoms with Crippen molar-refractivity contribution in [2.75, 3.05) is 0 Å². The van der Waals surface area contributed by atoms with Crippen LogP contribution in [0.3, 0.4) is 0 Å². The molecule has 1 aromatic heterocycles. The molecule has 2 aromatic carbocycles. The summed E-state index contributed by atoms with van der Waals surface area (Å²) in [7, 11) is 0. The van der Waals surface area contributed by atoms with Gasteiger partial charge in [0.05, 0.1) is 11.2 Å². The first-order valence-electron chi connectivity index (χ1n) is 8.01. The number of aromatic nitrogens is 1. The van der Waals surface area contributed by atoms with E-state index in [2.05, 4.69) is 84.0 Å². The Morgan fingerprint density at radius 1 is 0.727 bits per heavy atom. The molecule has 114 valence electrons. The molecule has 1 nitrogen and oxygen atoms in total. The zero-order valence-electron chi connectivity index (χ0n) is 14.5. The monoisotopic (exact) mass is 291 g/mol. The molecule has 0 saturated heterocycles. The highest BCUT2D eigenvalue weighted by atomic mass is 14.7. The van der Waals surface area contributed by atoms with Crippen LogP contribution in [0.15, 0.2) is 42.5 Å². The Morgan fingerprint density at radius 2 is 1.36 bits per heavy atom. The molecule has 0 aliphatic carbocycles. The Morgan fingerprint density at radius 3 is 2.00 bits per heavy atom. The number of pyridine rings is 1. The quantitative estimate of drug-likeness (QED) is 0.464. The molecule has 1 heteroatoms. The molecule has 0 radical (unpaired) electrons. The lowest BCUT2D eigenvalue weighted by molar-refractivity contribution is 0.517. The van der Waals surface area contributed by atoms with Crippen molar-refractivity contribution in [3.63, 3.8) is 0 Å². The number of hydrogen-bond donors (Lipinski definition) is 0. The fraction of sp³-hybridized carbons (Fsp3) is 0.381. The molecule has 0 atom stereocenters. The zero-order chi connectivity index (χ0) is 16.1. The minimum absolute atomic E-state index is 0.0355. The summed E-state index contributed by atoms with van der Waals surface area (Å²) in [6, 6.07) is 15.3. The van der Waals surface area contributed by atoms with Crippen LogP contribution in [0, 0.1) is 0 Å². The number of hydrogen-bond acceptors (Lipinski definition) is 1. The minimum atomic E-state index is 0.0355. The number of benzene rings is 2. The number of rotatable bonds is 0. The van der Waals surface area contributed by atoms with Crippen molar-refractivity contribution in [3.05, 3.63) is 53.7 Å². The van der Waals surface area contributed by atoms with Crippen molar-refractivity contribution in [2.45, 2.75) is 52.4 Å². The van der Waals surface area contributed by atoms with Crippen LogP contribution in [0.2, 0.25) is 0 Å². The molecule has 0 unspecified atom stereocenters. The van der Waals surface area contributed by atoms with Crippen molar-refractivity contribution in [1.82, 2.24) is 4.98 Å². The fourth-order valence-electron chi connectivity index (χ4n) is 3.05. The van der Waals surface area contributed by atoms with Gasteiger partial charge in [-0.05, 0) is 22.4 Å². The Hall–Kier alpha value is -1.89. The summed E-state index contributed by atoms with van der Waals surface area (Å²) in [4.78, 5) is 5.14. The van der Waals surface area contributed by atoms with Gasteiger partial charge < -0.3 is 0 Å². The predicted octanol–water partition coefficient (Wildman–Crippen LogP) is 5.98. The van der Waals surface area contributed by atoms with E-state index in [1.165, 1.54) is 27.4 Å². The van der Waals surface area contributed by atoms with Crippen LogP contribution in [0.25, 0.3) is 21.7 Å². The van der Waals surface area contributed by atoms with E-state index in [0.29, 0.717) is 0 Å². The molecule has 22 heavy (non-hydrogen) atoms. The lowest BCUT2D eigenvalue weighted by Gasteiger charge is -2.29. The molecule has 0 bridgehead atoms. The largest absolute Gasteiger partial charge is 0.251 e. The second kappa shape index (κ2) is 4.81. The molecule has 0 aliphatic rings. The molecular formula is C21H25N. The molecule has 3 aromatic rings. The second-order valence-electron chi connectivity index (χ2n) is 8.24. The third-order valence-corrected chi connectivity index (χ3v) is 4.23. The normalized spacial score (nSPS) is 13.0. The average molecular weight is 291 g/mol. The highest BCUT2D eigenvalue weighted by Crippen LogP contribution is 2.36. The van der Waals surface area contributed by atoms with Gasteiger partial charge in [-0.15, -0.1) is 0 Å². The SMILES string of the molecule is CC(C)(C)c1cc2ccc3ccccc3c2nc1C(C)(C)C. The Balaban J connectivity index is 2.46. The van der Waals surface area contributed by atoms with Gasteiger partial charge in [-0.25, -0.2) is 0 Å². The van der Waals surface area contributed by atoms with E-state index in [1.54, 1.807) is 0 Å². The van der Waals surface area contributed by atoms with Crippen molar-refractivity contribution >= 4 is 21.7 Å². The molecule has 3 rings (SSSR count). The van der Waals surface area contributed by atoms with Crippen molar-refractivity contribution in [2.24, 2.45) is 0 Å². The van der Waals surface area contributed by atoms with Gasteiger partial charge in [0.2, 0.25) is 0 Å². The maximum absolute atomic E-state index is 5.14. The van der Waals surface area contributed by atoms with Crippen molar-refractivity contribution in [1.29, 1.82) is 0 Å². The Kier molecular flexibility index (Phi) is 3.28. The molecule has 0 saturated carbocycles. The second-order valence-corrected chi connectivity index (χ2v) is 8.24. The molecule has 0 amide bonds. The van der Waals surface area contributed by atoms with Crippen molar-refractivity contribution < 1.29 is 0 Å². The van der Waals surface area contributed by atoms with Crippen LogP contribution in [0.4, 0.5) is 0 Å². The molecular weight excluding hydrogens is 266 g/mol. The topological polar surface area (TPSA) is 12.9 Å². The van der Waals surface area contributed by atoms with E-state index in [4.69, 9.17) is 4.98 Å². The average Bonchev–Trinajstić information content (AvgIpc) is 2.44. The van der Waals surface area contributed by atoms with E-state index in [0.717, 1.165) is 5.52 Å². The first-order chi connectivity index (χ1) is 10.2. The molecule has 0 N–H and O–H groups in total. The van der Waals surface area contributed by atoms with Gasteiger partial charge in [-0.3, -0.25) is 4.98 Å². The maximum Gasteiger partial charge on any atom is 0.0784 e. The third kappa shape index (κ3) is 2.49. The Bertz CT molecular complexity index is 845. The van der Waals surface area contributed by atoms with Gasteiger partial charge in [0.25, 0.3) is 0 Å². The summed E-state index contributed by atoms with van der Waals surface area (Å²) in [5, 5.41) is 3.73. The lowest BCUT2D eigenvalue weighted by atomic mass is 9.77. The van der Waals surface area contributed by atoms with Crippen LogP contribution >= 0.6 is 0 Å². The first-order valence-corrected chi connectivity index (χ1v) is 8.01. The summed E-state index contributed by atoms with van der Waals surface area (Å²) < 4.78 is 0. The van der Waals surface area contributed by atoms with Gasteiger partial charge in [0.15, 0.2) is 0 Å². The summed E-state index contributed by atoms with van der Waals surface area (Å²) in [5.41, 5.74) is 3.81. The number of nitrogens with zero attached hydrogens (tertiary/aromatic N) is 1. The highest BCUT2D eigenvalue weighted by Gasteiger charge is 2.27. The van der Waals surface area contributed by atoms with E-state index >= 15 is 0 Å². The van der Waals surface area contributed by atoms with E-state index < -0.39 is 0 Å². The van der Waals surface area contributed by atoms with Gasteiger partial charge in [0.1, 0.15) is 0 Å². The summed E-state index contributed by atoms with van der Waals surface area (Å²) in [5.74, 6) is 0. The lowest BCUT2D eigenvalue weighted by Crippen LogP contribution is -2.23. The summed E-state index contributed by atoms with van der Waals surface area (Å²) >= 11 is 0. The van der Waals surface area contributed by atoms with Crippen LogP contribution in [0.5, 0.6) is 0 Å². The molecule has 0 fully saturated rings. The molecule has 0 spiro atoms. The van der Waals surface area contributed by atoms with Crippen LogP contribution in [-0.4, -0.2) is 4.98 Å². The van der Waals surface area contributed by atoms with Crippen LogP contribution in [0.1, 0.15) is 52.8 Å². The zero-order valence-corrected chi connectivity index (χ0v) is 14.5. The Labute approximate surface area is 133 Å². The smallest absolute Gasteiger partial charge is 0.0784 e. The van der Waals surface area contributed by atoms with Gasteiger partial charge in [-0.1, -0.05) is 77.9 Å². The maximum atomic E-state index is 5.14. The van der Waals surface area contributed by atoms with E-state index in [1.807, 2.05) is 0 Å². The summed E-state index contributed by atoms with van der Waals surface area (Å²) in [6.07, 6.45) is 0. The van der Waals surface area contributed by atoms with Gasteiger partial charge in [-0.2, -0.15) is 0 Å². The predicted molar refractivity (Wildman–Crippen MR) is 96.6 cm³/mol. The van der Waals surface area contributed by atoms with Crippen LogP contribution in [-0.2, 0) is 10.8 Å². The standard InChI is InChI=1S/C21H25N/c1-20(2,3)17-13-15-12-11-14-9-7-8-10-16(14)18(15)22-19(17)21(4,5)6/h7-13H,1-6H3. The fourth-order valence-corrected chi connectivity index (χ4v) is 3.05. The number of fused-ring (bicyclic) bond motifs is 3. The summed E-state index contributed by atoms with van der Waals surface area (Å²) in [6.45, 7) is 13.6. The first kappa shape index (κ1) is 15.0. The van der Waals surface area contributed by atoms with Gasteiger partial charge >= 0.3 is 0 Å². The van der Waals surface area contributed by atoms with E-state index in [-0.39, 0.29) is 10.8 Å². The molecule has 1 heterocycles. The van der Waals surface area contributed by atoms with E-state index in [9.17, 15) is 0 Å². The van der Waals surface area contributed by atoms with Crippen molar-refractivity contribution in [3.8, 4) is 0 Å². The van der Waals surface area contributed by atoms with Crippen LogP contribution < -0.4 is 0 Å². The third-order valence-electron chi connectivity index (χ3n) is 4.23.